The van der Waals surface area contributed by atoms with Crippen molar-refractivity contribution in [2.45, 2.75) is 6.92 Å². The van der Waals surface area contributed by atoms with Crippen LogP contribution in [0.15, 0.2) is 73.3 Å². The molecule has 3 nitrogen and oxygen atoms in total. The summed E-state index contributed by atoms with van der Waals surface area (Å²) in [5.41, 5.74) is 7.21. The lowest BCUT2D eigenvalue weighted by Gasteiger charge is -2.05. The second kappa shape index (κ2) is 5.97. The predicted octanol–water partition coefficient (Wildman–Crippen LogP) is 1.43. The van der Waals surface area contributed by atoms with Gasteiger partial charge < -0.3 is 22.0 Å². The topological polar surface area (TPSA) is 32.8 Å². The predicted molar refractivity (Wildman–Crippen MR) is 96.9 cm³/mol. The van der Waals surface area contributed by atoms with Gasteiger partial charge in [0.15, 0.2) is 12.4 Å². The second-order valence-corrected chi connectivity index (χ2v) is 6.17. The molecule has 0 unspecified atom stereocenters. The highest BCUT2D eigenvalue weighted by Crippen LogP contribution is 2.29. The minimum absolute atomic E-state index is 0. The van der Waals surface area contributed by atoms with Crippen LogP contribution in [0.25, 0.3) is 38.4 Å². The maximum absolute atomic E-state index is 4.13. The molecule has 0 aliphatic heterocycles. The lowest BCUT2D eigenvalue weighted by atomic mass is 10.0. The summed E-state index contributed by atoms with van der Waals surface area (Å²) < 4.78 is 2.19. The molecule has 0 saturated heterocycles. The molecular formula is C21H16BrN3. The molecule has 25 heavy (non-hydrogen) atoms. The number of aryl methyl sites for hydroxylation is 1. The molecule has 4 aromatic heterocycles. The molecule has 0 bridgehead atoms. The molecule has 5 rings (SSSR count). The van der Waals surface area contributed by atoms with Gasteiger partial charge >= 0.3 is 0 Å². The van der Waals surface area contributed by atoms with Crippen LogP contribution in [-0.2, 0) is 0 Å². The Kier molecular flexibility index (Phi) is 3.77. The minimum atomic E-state index is 0. The summed E-state index contributed by atoms with van der Waals surface area (Å²) in [4.78, 5) is 7.72. The zero-order valence-corrected chi connectivity index (χ0v) is 15.3. The Morgan fingerprint density at radius 3 is 2.60 bits per heavy atom. The number of nitrogens with zero attached hydrogens (tertiary/aromatic N) is 2. The first-order valence-electron chi connectivity index (χ1n) is 8.07. The molecule has 122 valence electrons. The SMILES string of the molecule is Cc1c[n+]2ccc3c4ccccc4[nH]c3c2cc1-c1ccncc1.[Br-]. The molecule has 1 N–H and O–H groups in total. The summed E-state index contributed by atoms with van der Waals surface area (Å²) >= 11 is 0. The fourth-order valence-electron chi connectivity index (χ4n) is 3.53. The number of H-pyrrole nitrogens is 1. The van der Waals surface area contributed by atoms with E-state index in [0.717, 1.165) is 0 Å². The van der Waals surface area contributed by atoms with E-state index < -0.39 is 0 Å². The summed E-state index contributed by atoms with van der Waals surface area (Å²) in [5, 5.41) is 2.52. The summed E-state index contributed by atoms with van der Waals surface area (Å²) in [6.45, 7) is 2.15. The van der Waals surface area contributed by atoms with E-state index in [0.29, 0.717) is 0 Å². The number of nitrogens with one attached hydrogen (secondary N) is 1. The van der Waals surface area contributed by atoms with E-state index >= 15 is 0 Å². The minimum Gasteiger partial charge on any atom is -1.00 e. The van der Waals surface area contributed by atoms with Crippen LogP contribution >= 0.6 is 0 Å². The van der Waals surface area contributed by atoms with E-state index in [2.05, 4.69) is 82.2 Å². The Bertz CT molecular complexity index is 1210. The fraction of sp³-hybridized carbons (Fsp3) is 0.0476. The summed E-state index contributed by atoms with van der Waals surface area (Å²) in [7, 11) is 0. The van der Waals surface area contributed by atoms with E-state index in [1.54, 1.807) is 0 Å². The lowest BCUT2D eigenvalue weighted by molar-refractivity contribution is -0.511. The summed E-state index contributed by atoms with van der Waals surface area (Å²) in [6.07, 6.45) is 8.02. The van der Waals surface area contributed by atoms with Crippen molar-refractivity contribution in [3.63, 3.8) is 0 Å². The number of pyridine rings is 3. The Hall–Kier alpha value is -2.72. The van der Waals surface area contributed by atoms with Crippen molar-refractivity contribution in [1.29, 1.82) is 0 Å². The molecule has 0 saturated carbocycles. The summed E-state index contributed by atoms with van der Waals surface area (Å²) in [5.74, 6) is 0. The van der Waals surface area contributed by atoms with Gasteiger partial charge in [-0.25, -0.2) is 0 Å². The van der Waals surface area contributed by atoms with Gasteiger partial charge in [-0.1, -0.05) is 18.2 Å². The van der Waals surface area contributed by atoms with E-state index in [1.165, 1.54) is 44.0 Å². The van der Waals surface area contributed by atoms with Crippen LogP contribution in [0, 0.1) is 6.92 Å². The van der Waals surface area contributed by atoms with Crippen LogP contribution in [0.4, 0.5) is 0 Å². The molecule has 0 spiro atoms. The summed E-state index contributed by atoms with van der Waals surface area (Å²) in [6, 6.07) is 17.0. The fourth-order valence-corrected chi connectivity index (χ4v) is 3.53. The van der Waals surface area contributed by atoms with Crippen molar-refractivity contribution >= 4 is 27.3 Å². The maximum atomic E-state index is 4.13. The normalized spacial score (nSPS) is 11.1. The number of hydrogen-bond acceptors (Lipinski definition) is 1. The van der Waals surface area contributed by atoms with Crippen LogP contribution in [0.5, 0.6) is 0 Å². The molecule has 5 aromatic rings. The van der Waals surface area contributed by atoms with Crippen LogP contribution in [-0.4, -0.2) is 9.97 Å². The number of fused-ring (bicyclic) bond motifs is 5. The van der Waals surface area contributed by atoms with Crippen LogP contribution in [0.1, 0.15) is 5.56 Å². The van der Waals surface area contributed by atoms with Crippen molar-refractivity contribution in [3.05, 3.63) is 78.9 Å². The molecule has 0 radical (unpaired) electrons. The molecule has 0 atom stereocenters. The van der Waals surface area contributed by atoms with Crippen LogP contribution < -0.4 is 21.4 Å². The smallest absolute Gasteiger partial charge is 0.235 e. The zero-order chi connectivity index (χ0) is 16.1. The van der Waals surface area contributed by atoms with Crippen molar-refractivity contribution in [2.24, 2.45) is 0 Å². The highest BCUT2D eigenvalue weighted by atomic mass is 79.9. The molecule has 0 aliphatic carbocycles. The van der Waals surface area contributed by atoms with Crippen molar-refractivity contribution in [3.8, 4) is 11.1 Å². The number of halogens is 1. The number of aromatic amines is 1. The number of aromatic nitrogens is 3. The third kappa shape index (κ3) is 2.41. The Morgan fingerprint density at radius 1 is 0.960 bits per heavy atom. The number of rotatable bonds is 1. The molecule has 0 aliphatic rings. The van der Waals surface area contributed by atoms with Gasteiger partial charge in [0.2, 0.25) is 5.52 Å². The first kappa shape index (κ1) is 15.8. The molecule has 4 heterocycles. The van der Waals surface area contributed by atoms with Crippen molar-refractivity contribution in [2.75, 3.05) is 0 Å². The third-order valence-corrected chi connectivity index (χ3v) is 4.71. The van der Waals surface area contributed by atoms with Crippen molar-refractivity contribution in [1.82, 2.24) is 9.97 Å². The van der Waals surface area contributed by atoms with E-state index in [4.69, 9.17) is 0 Å². The van der Waals surface area contributed by atoms with E-state index in [1.807, 2.05) is 12.4 Å². The number of hydrogen-bond donors (Lipinski definition) is 1. The van der Waals surface area contributed by atoms with Gasteiger partial charge in [0, 0.05) is 46.4 Å². The molecule has 4 heteroatoms. The zero-order valence-electron chi connectivity index (χ0n) is 13.7. The van der Waals surface area contributed by atoms with Gasteiger partial charge in [-0.2, -0.15) is 4.40 Å². The Balaban J connectivity index is 0.00000157. The van der Waals surface area contributed by atoms with Crippen LogP contribution in [0.2, 0.25) is 0 Å². The Morgan fingerprint density at radius 2 is 1.76 bits per heavy atom. The van der Waals surface area contributed by atoms with Gasteiger partial charge in [0.25, 0.3) is 0 Å². The molecule has 0 fully saturated rings. The van der Waals surface area contributed by atoms with Crippen molar-refractivity contribution < 1.29 is 21.4 Å². The van der Waals surface area contributed by atoms with Gasteiger partial charge in [0.05, 0.1) is 0 Å². The first-order valence-corrected chi connectivity index (χ1v) is 8.07. The van der Waals surface area contributed by atoms with Gasteiger partial charge in [-0.15, -0.1) is 0 Å². The monoisotopic (exact) mass is 389 g/mol. The van der Waals surface area contributed by atoms with Gasteiger partial charge in [-0.3, -0.25) is 4.98 Å². The quantitative estimate of drug-likeness (QED) is 0.432. The highest BCUT2D eigenvalue weighted by Gasteiger charge is 2.16. The third-order valence-electron chi connectivity index (χ3n) is 4.71. The van der Waals surface area contributed by atoms with Gasteiger partial charge in [-0.05, 0) is 36.2 Å². The Labute approximate surface area is 155 Å². The average Bonchev–Trinajstić information content (AvgIpc) is 3.01. The molecule has 0 amide bonds. The maximum Gasteiger partial charge on any atom is 0.235 e. The molecule has 1 aromatic carbocycles. The van der Waals surface area contributed by atoms with E-state index in [9.17, 15) is 0 Å². The number of benzene rings is 1. The highest BCUT2D eigenvalue weighted by molar-refractivity contribution is 6.11. The molecular weight excluding hydrogens is 374 g/mol. The lowest BCUT2D eigenvalue weighted by Crippen LogP contribution is -3.00. The largest absolute Gasteiger partial charge is 1.00 e. The van der Waals surface area contributed by atoms with Gasteiger partial charge in [0.1, 0.15) is 5.52 Å². The first-order chi connectivity index (χ1) is 11.8. The second-order valence-electron chi connectivity index (χ2n) is 6.17. The number of para-hydroxylation sites is 1. The average molecular weight is 390 g/mol. The standard InChI is InChI=1S/C21H15N3.BrH/c1-14-13-24-11-8-17-16-4-2-3-5-19(16)23-21(17)20(24)12-18(14)15-6-9-22-10-7-15;/h2-13H,1H3;1H. The van der Waals surface area contributed by atoms with Crippen LogP contribution in [0.3, 0.4) is 0 Å². The van der Waals surface area contributed by atoms with E-state index in [-0.39, 0.29) is 17.0 Å².